The van der Waals surface area contributed by atoms with Gasteiger partial charge in [-0.2, -0.15) is 0 Å². The van der Waals surface area contributed by atoms with Gasteiger partial charge in [0.1, 0.15) is 0 Å². The molecule has 31 valence electrons. The van der Waals surface area contributed by atoms with Crippen molar-refractivity contribution in [3.63, 3.8) is 0 Å². The van der Waals surface area contributed by atoms with Crippen molar-refractivity contribution < 1.29 is 26.2 Å². The molecule has 7 heavy (non-hydrogen) atoms. The van der Waals surface area contributed by atoms with Gasteiger partial charge in [0.15, 0.2) is 0 Å². The number of allylic oxidation sites excluding steroid dienone is 4. The summed E-state index contributed by atoms with van der Waals surface area (Å²) in [6, 6.07) is 0. The third kappa shape index (κ3) is 4.82. The van der Waals surface area contributed by atoms with Crippen molar-refractivity contribution in [3.8, 4) is 0 Å². The molecule has 0 nitrogen and oxygen atoms in total. The summed E-state index contributed by atoms with van der Waals surface area (Å²) in [4.78, 5) is 0. The average molecular weight is 164 g/mol. The Hall–Kier alpha value is 0.961. The van der Waals surface area contributed by atoms with E-state index in [4.69, 9.17) is 0 Å². The first-order valence-corrected chi connectivity index (χ1v) is 1.67. The van der Waals surface area contributed by atoms with E-state index in [1.165, 1.54) is 0 Å². The molecule has 0 saturated heterocycles. The summed E-state index contributed by atoms with van der Waals surface area (Å²) in [6.45, 7) is 0. The van der Waals surface area contributed by atoms with E-state index in [0.29, 0.717) is 0 Å². The standard InChI is InChI=1S/C5H5.Li.Zr.H/c1-2-4-5-3-1;;;/h1-5H;;;. The summed E-state index contributed by atoms with van der Waals surface area (Å²) in [5, 5.41) is 0. The SMILES string of the molecule is [CH]1C=CC=C1.[LiH].[Zr]. The Bertz CT molecular complexity index is 66.1. The molecule has 1 rings (SSSR count). The molecular formula is C5H6LiZr. The van der Waals surface area contributed by atoms with Crippen molar-refractivity contribution in [2.75, 3.05) is 0 Å². The van der Waals surface area contributed by atoms with Gasteiger partial charge in [0, 0.05) is 32.6 Å². The van der Waals surface area contributed by atoms with Gasteiger partial charge in [-0.05, 0) is 0 Å². The van der Waals surface area contributed by atoms with Crippen molar-refractivity contribution in [1.29, 1.82) is 0 Å². The third-order valence-corrected chi connectivity index (χ3v) is 0.556. The van der Waals surface area contributed by atoms with Gasteiger partial charge >= 0.3 is 18.9 Å². The fraction of sp³-hybridized carbons (Fsp3) is 0. The summed E-state index contributed by atoms with van der Waals surface area (Å²) in [5.41, 5.74) is 0. The number of hydrogen-bond acceptors (Lipinski definition) is 0. The van der Waals surface area contributed by atoms with E-state index in [-0.39, 0.29) is 45.1 Å². The van der Waals surface area contributed by atoms with Gasteiger partial charge in [0.25, 0.3) is 0 Å². The molecule has 0 atom stereocenters. The van der Waals surface area contributed by atoms with Gasteiger partial charge in [-0.1, -0.05) is 24.3 Å². The zero-order chi connectivity index (χ0) is 3.54. The van der Waals surface area contributed by atoms with Crippen LogP contribution in [-0.2, 0) is 26.2 Å². The van der Waals surface area contributed by atoms with Crippen molar-refractivity contribution in [3.05, 3.63) is 30.7 Å². The topological polar surface area (TPSA) is 0 Å². The monoisotopic (exact) mass is 163 g/mol. The molecule has 0 aromatic carbocycles. The smallest absolute Gasteiger partial charge is 0 e. The van der Waals surface area contributed by atoms with E-state index in [0.717, 1.165) is 0 Å². The zero-order valence-corrected chi connectivity index (χ0v) is 5.84. The van der Waals surface area contributed by atoms with Crippen LogP contribution in [0.2, 0.25) is 0 Å². The second-order valence-electron chi connectivity index (χ2n) is 0.962. The number of hydrogen-bond donors (Lipinski definition) is 0. The molecule has 2 heteroatoms. The molecule has 0 aromatic heterocycles. The minimum absolute atomic E-state index is 0. The van der Waals surface area contributed by atoms with E-state index in [9.17, 15) is 0 Å². The van der Waals surface area contributed by atoms with Crippen molar-refractivity contribution in [1.82, 2.24) is 0 Å². The Labute approximate surface area is 75.4 Å². The normalized spacial score (nSPS) is 12.6. The maximum absolute atomic E-state index is 2.00. The van der Waals surface area contributed by atoms with Gasteiger partial charge in [-0.25, -0.2) is 0 Å². The first kappa shape index (κ1) is 10.9. The van der Waals surface area contributed by atoms with Crippen molar-refractivity contribution in [2.24, 2.45) is 0 Å². The maximum Gasteiger partial charge on any atom is 0 e. The van der Waals surface area contributed by atoms with Crippen LogP contribution in [0, 0.1) is 6.42 Å². The quantitative estimate of drug-likeness (QED) is 0.462. The number of rotatable bonds is 0. The second kappa shape index (κ2) is 6.96. The van der Waals surface area contributed by atoms with Crippen LogP contribution in [-0.4, -0.2) is 18.9 Å². The minimum Gasteiger partial charge on any atom is 0 e. The molecule has 0 saturated carbocycles. The van der Waals surface area contributed by atoms with E-state index in [1.54, 1.807) is 0 Å². The molecule has 1 aliphatic rings. The fourth-order valence-electron chi connectivity index (χ4n) is 0.321. The molecule has 0 heterocycles. The van der Waals surface area contributed by atoms with Gasteiger partial charge in [-0.15, -0.1) is 0 Å². The van der Waals surface area contributed by atoms with Crippen LogP contribution in [0.25, 0.3) is 0 Å². The largest absolute Gasteiger partial charge is 0 e. The Morgan fingerprint density at radius 3 is 1.29 bits per heavy atom. The molecule has 0 aliphatic heterocycles. The van der Waals surface area contributed by atoms with E-state index < -0.39 is 0 Å². The van der Waals surface area contributed by atoms with Gasteiger partial charge in [0.05, 0.1) is 0 Å². The molecule has 0 unspecified atom stereocenters. The van der Waals surface area contributed by atoms with Crippen molar-refractivity contribution >= 4 is 18.9 Å². The van der Waals surface area contributed by atoms with Crippen LogP contribution < -0.4 is 0 Å². The third-order valence-electron chi connectivity index (χ3n) is 0.556. The Morgan fingerprint density at radius 1 is 0.714 bits per heavy atom. The Balaban J connectivity index is 0. The minimum atomic E-state index is 0. The van der Waals surface area contributed by atoms with Crippen molar-refractivity contribution in [2.45, 2.75) is 0 Å². The molecular weight excluding hydrogens is 158 g/mol. The molecule has 0 N–H and O–H groups in total. The van der Waals surface area contributed by atoms with Crippen LogP contribution in [0.15, 0.2) is 24.3 Å². The van der Waals surface area contributed by atoms with Crippen LogP contribution >= 0.6 is 0 Å². The van der Waals surface area contributed by atoms with Crippen LogP contribution in [0.4, 0.5) is 0 Å². The van der Waals surface area contributed by atoms with Gasteiger partial charge < -0.3 is 0 Å². The Morgan fingerprint density at radius 2 is 1.14 bits per heavy atom. The molecule has 1 aliphatic carbocycles. The summed E-state index contributed by atoms with van der Waals surface area (Å²) >= 11 is 0. The molecule has 0 spiro atoms. The predicted molar refractivity (Wildman–Crippen MR) is 29.7 cm³/mol. The summed E-state index contributed by atoms with van der Waals surface area (Å²) in [7, 11) is 0. The van der Waals surface area contributed by atoms with E-state index >= 15 is 0 Å². The van der Waals surface area contributed by atoms with Gasteiger partial charge in [0.2, 0.25) is 0 Å². The van der Waals surface area contributed by atoms with Crippen LogP contribution in [0.3, 0.4) is 0 Å². The Kier molecular flexibility index (Phi) is 10.8. The second-order valence-corrected chi connectivity index (χ2v) is 0.962. The average Bonchev–Trinajstić information content (AvgIpc) is 1.76. The van der Waals surface area contributed by atoms with E-state index in [1.807, 2.05) is 30.7 Å². The first-order valence-electron chi connectivity index (χ1n) is 1.67. The maximum atomic E-state index is 2.00. The fourth-order valence-corrected chi connectivity index (χ4v) is 0.321. The van der Waals surface area contributed by atoms with Crippen LogP contribution in [0.1, 0.15) is 0 Å². The molecule has 1 radical (unpaired) electrons. The summed E-state index contributed by atoms with van der Waals surface area (Å²) in [5.74, 6) is 0. The summed E-state index contributed by atoms with van der Waals surface area (Å²) < 4.78 is 0. The summed E-state index contributed by atoms with van der Waals surface area (Å²) in [6.07, 6.45) is 10.0. The van der Waals surface area contributed by atoms with Crippen LogP contribution in [0.5, 0.6) is 0 Å². The predicted octanol–water partition coefficient (Wildman–Crippen LogP) is 0.666. The molecule has 0 aromatic rings. The first-order chi connectivity index (χ1) is 2.50. The molecule has 0 bridgehead atoms. The zero-order valence-electron chi connectivity index (χ0n) is 3.39. The van der Waals surface area contributed by atoms with Gasteiger partial charge in [-0.3, -0.25) is 0 Å². The molecule has 0 fully saturated rings. The molecule has 0 amide bonds. The van der Waals surface area contributed by atoms with E-state index in [2.05, 4.69) is 0 Å².